The van der Waals surface area contributed by atoms with Crippen molar-refractivity contribution < 1.29 is 14.3 Å². The third-order valence-corrected chi connectivity index (χ3v) is 3.52. The van der Waals surface area contributed by atoms with Crippen molar-refractivity contribution >= 4 is 17.1 Å². The monoisotopic (exact) mass is 246 g/mol. The molecule has 3 N–H and O–H groups in total. The molecule has 18 heavy (non-hydrogen) atoms. The maximum atomic E-state index is 10.8. The van der Waals surface area contributed by atoms with Gasteiger partial charge in [0, 0.05) is 13.0 Å². The second-order valence-electron chi connectivity index (χ2n) is 4.83. The SMILES string of the molecule is Cc1nc2cc(C(N)C3CC3C(=O)O)ccc2o1. The molecular weight excluding hydrogens is 232 g/mol. The van der Waals surface area contributed by atoms with Crippen molar-refractivity contribution in [3.63, 3.8) is 0 Å². The normalized spacial score (nSPS) is 24.1. The summed E-state index contributed by atoms with van der Waals surface area (Å²) in [5.74, 6) is -0.401. The molecule has 0 amide bonds. The highest BCUT2D eigenvalue weighted by atomic mass is 16.4. The number of hydrogen-bond donors (Lipinski definition) is 2. The van der Waals surface area contributed by atoms with Crippen molar-refractivity contribution in [2.75, 3.05) is 0 Å². The van der Waals surface area contributed by atoms with E-state index in [0.29, 0.717) is 12.3 Å². The Morgan fingerprint density at radius 2 is 2.39 bits per heavy atom. The highest BCUT2D eigenvalue weighted by molar-refractivity contribution is 5.75. The van der Waals surface area contributed by atoms with Crippen LogP contribution in [0.25, 0.3) is 11.1 Å². The lowest BCUT2D eigenvalue weighted by Crippen LogP contribution is -2.15. The molecule has 5 nitrogen and oxygen atoms in total. The number of nitrogens with zero attached hydrogens (tertiary/aromatic N) is 1. The fourth-order valence-corrected chi connectivity index (χ4v) is 2.41. The molecule has 1 aliphatic carbocycles. The zero-order valence-electron chi connectivity index (χ0n) is 9.96. The van der Waals surface area contributed by atoms with Gasteiger partial charge in [0.25, 0.3) is 0 Å². The third kappa shape index (κ3) is 1.76. The molecule has 1 fully saturated rings. The standard InChI is InChI=1S/C13H14N2O3/c1-6-15-10-4-7(2-3-11(10)18-6)12(14)8-5-9(8)13(16)17/h2-4,8-9,12H,5,14H2,1H3,(H,16,17). The van der Waals surface area contributed by atoms with E-state index in [1.807, 2.05) is 18.2 Å². The number of carboxylic acid groups (broad SMARTS) is 1. The van der Waals surface area contributed by atoms with Crippen molar-refractivity contribution in [2.45, 2.75) is 19.4 Å². The summed E-state index contributed by atoms with van der Waals surface area (Å²) >= 11 is 0. The molecule has 5 heteroatoms. The van der Waals surface area contributed by atoms with Gasteiger partial charge in [-0.05, 0) is 30.0 Å². The van der Waals surface area contributed by atoms with Crippen molar-refractivity contribution in [2.24, 2.45) is 17.6 Å². The summed E-state index contributed by atoms with van der Waals surface area (Å²) < 4.78 is 5.39. The number of aryl methyl sites for hydroxylation is 1. The van der Waals surface area contributed by atoms with E-state index in [1.165, 1.54) is 0 Å². The second kappa shape index (κ2) is 3.81. The summed E-state index contributed by atoms with van der Waals surface area (Å²) in [6, 6.07) is 5.36. The Balaban J connectivity index is 1.88. The molecule has 94 valence electrons. The zero-order valence-corrected chi connectivity index (χ0v) is 9.96. The summed E-state index contributed by atoms with van der Waals surface area (Å²) in [4.78, 5) is 15.1. The number of carbonyl (C=O) groups is 1. The number of fused-ring (bicyclic) bond motifs is 1. The maximum absolute atomic E-state index is 10.8. The lowest BCUT2D eigenvalue weighted by atomic mass is 10.0. The predicted molar refractivity (Wildman–Crippen MR) is 64.9 cm³/mol. The molecule has 0 spiro atoms. The largest absolute Gasteiger partial charge is 0.481 e. The number of rotatable bonds is 3. The number of hydrogen-bond acceptors (Lipinski definition) is 4. The van der Waals surface area contributed by atoms with Crippen LogP contribution in [0.2, 0.25) is 0 Å². The van der Waals surface area contributed by atoms with Gasteiger partial charge in [-0.2, -0.15) is 0 Å². The fourth-order valence-electron chi connectivity index (χ4n) is 2.41. The number of aliphatic carboxylic acids is 1. The van der Waals surface area contributed by atoms with Crippen molar-refractivity contribution in [3.8, 4) is 0 Å². The first-order valence-electron chi connectivity index (χ1n) is 5.92. The summed E-state index contributed by atoms with van der Waals surface area (Å²) in [6.07, 6.45) is 0.659. The molecule has 1 aromatic heterocycles. The van der Waals surface area contributed by atoms with E-state index in [9.17, 15) is 4.79 Å². The highest BCUT2D eigenvalue weighted by Crippen LogP contribution is 2.46. The topological polar surface area (TPSA) is 89.3 Å². The number of benzene rings is 1. The Bertz CT molecular complexity index is 620. The average molecular weight is 246 g/mol. The molecule has 2 aromatic rings. The van der Waals surface area contributed by atoms with Gasteiger partial charge in [0.05, 0.1) is 5.92 Å². The van der Waals surface area contributed by atoms with Crippen LogP contribution in [0.5, 0.6) is 0 Å². The van der Waals surface area contributed by atoms with E-state index in [0.717, 1.165) is 16.7 Å². The Kier molecular flexibility index (Phi) is 2.38. The Labute approximate surface area is 104 Å². The average Bonchev–Trinajstić information content (AvgIpc) is 3.03. The zero-order chi connectivity index (χ0) is 12.9. The smallest absolute Gasteiger partial charge is 0.306 e. The lowest BCUT2D eigenvalue weighted by molar-refractivity contribution is -0.138. The number of nitrogens with two attached hydrogens (primary N) is 1. The molecular formula is C13H14N2O3. The van der Waals surface area contributed by atoms with Crippen LogP contribution in [-0.4, -0.2) is 16.1 Å². The minimum atomic E-state index is -0.756. The van der Waals surface area contributed by atoms with E-state index in [-0.39, 0.29) is 17.9 Å². The third-order valence-electron chi connectivity index (χ3n) is 3.52. The first-order chi connectivity index (χ1) is 8.56. The second-order valence-corrected chi connectivity index (χ2v) is 4.83. The molecule has 0 bridgehead atoms. The molecule has 3 atom stereocenters. The van der Waals surface area contributed by atoms with Crippen molar-refractivity contribution in [1.82, 2.24) is 4.98 Å². The highest BCUT2D eigenvalue weighted by Gasteiger charge is 2.47. The van der Waals surface area contributed by atoms with E-state index in [1.54, 1.807) is 6.92 Å². The number of aromatic nitrogens is 1. The number of oxazole rings is 1. The van der Waals surface area contributed by atoms with Crippen LogP contribution < -0.4 is 5.73 Å². The first-order valence-corrected chi connectivity index (χ1v) is 5.92. The van der Waals surface area contributed by atoms with Crippen molar-refractivity contribution in [1.29, 1.82) is 0 Å². The molecule has 1 aliphatic rings. The first kappa shape index (κ1) is 11.2. The summed E-state index contributed by atoms with van der Waals surface area (Å²) in [6.45, 7) is 1.79. The molecule has 0 radical (unpaired) electrons. The van der Waals surface area contributed by atoms with Crippen LogP contribution in [0.15, 0.2) is 22.6 Å². The van der Waals surface area contributed by atoms with Crippen LogP contribution in [0.3, 0.4) is 0 Å². The molecule has 1 heterocycles. The van der Waals surface area contributed by atoms with Gasteiger partial charge in [-0.3, -0.25) is 4.79 Å². The van der Waals surface area contributed by atoms with Gasteiger partial charge in [-0.1, -0.05) is 6.07 Å². The van der Waals surface area contributed by atoms with Crippen LogP contribution in [0.1, 0.15) is 23.9 Å². The Morgan fingerprint density at radius 3 is 3.06 bits per heavy atom. The van der Waals surface area contributed by atoms with Gasteiger partial charge in [0.2, 0.25) is 0 Å². The van der Waals surface area contributed by atoms with Crippen molar-refractivity contribution in [3.05, 3.63) is 29.7 Å². The van der Waals surface area contributed by atoms with Gasteiger partial charge < -0.3 is 15.3 Å². The minimum Gasteiger partial charge on any atom is -0.481 e. The summed E-state index contributed by atoms with van der Waals surface area (Å²) in [7, 11) is 0. The van der Waals surface area contributed by atoms with Gasteiger partial charge in [0.1, 0.15) is 5.52 Å². The van der Waals surface area contributed by atoms with Crippen LogP contribution in [0, 0.1) is 18.8 Å². The van der Waals surface area contributed by atoms with E-state index in [4.69, 9.17) is 15.3 Å². The maximum Gasteiger partial charge on any atom is 0.306 e. The lowest BCUT2D eigenvalue weighted by Gasteiger charge is -2.10. The molecule has 1 aromatic carbocycles. The van der Waals surface area contributed by atoms with Crippen LogP contribution in [-0.2, 0) is 4.79 Å². The van der Waals surface area contributed by atoms with Crippen LogP contribution in [0.4, 0.5) is 0 Å². The predicted octanol–water partition coefficient (Wildman–Crippen LogP) is 1.86. The fraction of sp³-hybridized carbons (Fsp3) is 0.385. The molecule has 0 saturated heterocycles. The van der Waals surface area contributed by atoms with Gasteiger partial charge in [-0.15, -0.1) is 0 Å². The molecule has 0 aliphatic heterocycles. The molecule has 3 unspecified atom stereocenters. The summed E-state index contributed by atoms with van der Waals surface area (Å²) in [5.41, 5.74) is 8.53. The quantitative estimate of drug-likeness (QED) is 0.862. The molecule has 3 rings (SSSR count). The van der Waals surface area contributed by atoms with Gasteiger partial charge in [-0.25, -0.2) is 4.98 Å². The van der Waals surface area contributed by atoms with Gasteiger partial charge in [0.15, 0.2) is 11.5 Å². The minimum absolute atomic E-state index is 0.0351. The van der Waals surface area contributed by atoms with Crippen LogP contribution >= 0.6 is 0 Å². The van der Waals surface area contributed by atoms with E-state index < -0.39 is 5.97 Å². The molecule has 1 saturated carbocycles. The van der Waals surface area contributed by atoms with Gasteiger partial charge >= 0.3 is 5.97 Å². The Hall–Kier alpha value is -1.88. The number of carboxylic acids is 1. The Morgan fingerprint density at radius 1 is 1.61 bits per heavy atom. The van der Waals surface area contributed by atoms with E-state index in [2.05, 4.69) is 4.98 Å². The van der Waals surface area contributed by atoms with E-state index >= 15 is 0 Å². The summed E-state index contributed by atoms with van der Waals surface area (Å²) in [5, 5.41) is 8.91.